The average molecular weight is 359 g/mol. The van der Waals surface area contributed by atoms with Gasteiger partial charge in [-0.25, -0.2) is 0 Å². The van der Waals surface area contributed by atoms with Crippen LogP contribution in [-0.4, -0.2) is 17.3 Å². The fourth-order valence-electron chi connectivity index (χ4n) is 2.80. The molecule has 132 valence electrons. The van der Waals surface area contributed by atoms with E-state index >= 15 is 0 Å². The first-order chi connectivity index (χ1) is 12.2. The van der Waals surface area contributed by atoms with E-state index in [1.807, 2.05) is 6.07 Å². The molecule has 1 heterocycles. The summed E-state index contributed by atoms with van der Waals surface area (Å²) in [5, 5.41) is 9.89. The van der Waals surface area contributed by atoms with Gasteiger partial charge < -0.3 is 15.5 Å². The van der Waals surface area contributed by atoms with Crippen molar-refractivity contribution in [3.63, 3.8) is 0 Å². The second kappa shape index (κ2) is 6.11. The third kappa shape index (κ3) is 3.19. The topological polar surface area (TPSA) is 91.9 Å². The van der Waals surface area contributed by atoms with E-state index in [0.717, 1.165) is 0 Å². The number of hydrogen-bond acceptors (Lipinski definition) is 3. The molecule has 0 aliphatic carbocycles. The smallest absolute Gasteiger partial charge is 0.406 e. The summed E-state index contributed by atoms with van der Waals surface area (Å²) in [7, 11) is 0. The summed E-state index contributed by atoms with van der Waals surface area (Å²) in [6.45, 7) is 1.70. The minimum Gasteiger partial charge on any atom is -0.406 e. The van der Waals surface area contributed by atoms with Gasteiger partial charge in [0.25, 0.3) is 5.91 Å². The van der Waals surface area contributed by atoms with E-state index in [2.05, 4.69) is 9.72 Å². The lowest BCUT2D eigenvalue weighted by atomic mass is 9.99. The third-order valence-electron chi connectivity index (χ3n) is 3.94. The summed E-state index contributed by atoms with van der Waals surface area (Å²) in [4.78, 5) is 14.5. The van der Waals surface area contributed by atoms with Crippen molar-refractivity contribution in [1.29, 1.82) is 5.26 Å². The molecule has 0 fully saturated rings. The van der Waals surface area contributed by atoms with Crippen molar-refractivity contribution >= 4 is 16.8 Å². The van der Waals surface area contributed by atoms with E-state index in [0.29, 0.717) is 33.2 Å². The average Bonchev–Trinajstić information content (AvgIpc) is 2.90. The number of benzene rings is 2. The van der Waals surface area contributed by atoms with Crippen molar-refractivity contribution in [2.75, 3.05) is 0 Å². The van der Waals surface area contributed by atoms with Crippen LogP contribution in [0.25, 0.3) is 22.0 Å². The molecule has 1 amide bonds. The number of nitrogens with zero attached hydrogens (tertiary/aromatic N) is 1. The van der Waals surface area contributed by atoms with Crippen molar-refractivity contribution in [3.05, 3.63) is 53.2 Å². The van der Waals surface area contributed by atoms with Gasteiger partial charge in [-0.05, 0) is 42.3 Å². The quantitative estimate of drug-likeness (QED) is 0.740. The van der Waals surface area contributed by atoms with Gasteiger partial charge in [-0.2, -0.15) is 5.26 Å². The molecule has 5 nitrogen and oxygen atoms in total. The highest BCUT2D eigenvalue weighted by Crippen LogP contribution is 2.34. The van der Waals surface area contributed by atoms with Gasteiger partial charge >= 0.3 is 6.36 Å². The van der Waals surface area contributed by atoms with Crippen molar-refractivity contribution in [2.45, 2.75) is 13.3 Å². The Bertz CT molecular complexity index is 1040. The molecule has 3 rings (SSSR count). The molecule has 8 heteroatoms. The van der Waals surface area contributed by atoms with E-state index < -0.39 is 12.3 Å². The molecule has 3 aromatic rings. The number of amides is 1. The van der Waals surface area contributed by atoms with Crippen LogP contribution < -0.4 is 10.5 Å². The number of nitrogens with one attached hydrogen (secondary N) is 1. The number of rotatable bonds is 3. The second-order valence-electron chi connectivity index (χ2n) is 5.62. The second-order valence-corrected chi connectivity index (χ2v) is 5.62. The normalized spacial score (nSPS) is 11.3. The molecule has 2 aromatic carbocycles. The van der Waals surface area contributed by atoms with Gasteiger partial charge in [-0.15, -0.1) is 13.2 Å². The number of ether oxygens (including phenoxy) is 1. The first-order valence-corrected chi connectivity index (χ1v) is 7.42. The maximum Gasteiger partial charge on any atom is 0.573 e. The molecule has 1 aromatic heterocycles. The van der Waals surface area contributed by atoms with Crippen molar-refractivity contribution in [2.24, 2.45) is 5.73 Å². The number of H-pyrrole nitrogens is 1. The highest BCUT2D eigenvalue weighted by molar-refractivity contribution is 6.05. The fourth-order valence-corrected chi connectivity index (χ4v) is 2.80. The standard InChI is InChI=1S/C18H12F3N3O2/c1-9-13-6-10(8-22)7-14(16(13)24-15(9)17(23)25)11-2-4-12(5-3-11)26-18(19,20)21/h2-7,24H,1H3,(H2,23,25). The Morgan fingerprint density at radius 3 is 2.42 bits per heavy atom. The van der Waals surface area contributed by atoms with Crippen molar-refractivity contribution < 1.29 is 22.7 Å². The van der Waals surface area contributed by atoms with Gasteiger partial charge in [-0.1, -0.05) is 12.1 Å². The SMILES string of the molecule is Cc1c(C(N)=O)[nH]c2c(-c3ccc(OC(F)(F)F)cc3)cc(C#N)cc12. The first-order valence-electron chi connectivity index (χ1n) is 7.42. The van der Waals surface area contributed by atoms with Gasteiger partial charge in [0.2, 0.25) is 0 Å². The molecule has 26 heavy (non-hydrogen) atoms. The monoisotopic (exact) mass is 359 g/mol. The Hall–Kier alpha value is -3.47. The van der Waals surface area contributed by atoms with Crippen LogP contribution in [0.15, 0.2) is 36.4 Å². The zero-order valence-corrected chi connectivity index (χ0v) is 13.4. The maximum absolute atomic E-state index is 12.3. The molecule has 0 spiro atoms. The van der Waals surface area contributed by atoms with E-state index in [4.69, 9.17) is 5.73 Å². The van der Waals surface area contributed by atoms with Crippen LogP contribution in [0.2, 0.25) is 0 Å². The number of primary amides is 1. The highest BCUT2D eigenvalue weighted by atomic mass is 19.4. The lowest BCUT2D eigenvalue weighted by Gasteiger charge is -2.10. The van der Waals surface area contributed by atoms with Crippen LogP contribution >= 0.6 is 0 Å². The number of aromatic nitrogens is 1. The zero-order valence-electron chi connectivity index (χ0n) is 13.4. The predicted molar refractivity (Wildman–Crippen MR) is 88.4 cm³/mol. The zero-order chi connectivity index (χ0) is 19.1. The third-order valence-corrected chi connectivity index (χ3v) is 3.94. The van der Waals surface area contributed by atoms with E-state index in [9.17, 15) is 23.2 Å². The summed E-state index contributed by atoms with van der Waals surface area (Å²) in [5.74, 6) is -0.994. The molecule has 0 unspecified atom stereocenters. The van der Waals surface area contributed by atoms with E-state index in [1.165, 1.54) is 24.3 Å². The summed E-state index contributed by atoms with van der Waals surface area (Å²) >= 11 is 0. The molecular weight excluding hydrogens is 347 g/mol. The number of nitriles is 1. The molecule has 0 saturated heterocycles. The van der Waals surface area contributed by atoms with Gasteiger partial charge in [0, 0.05) is 10.9 Å². The number of hydrogen-bond donors (Lipinski definition) is 2. The Morgan fingerprint density at radius 2 is 1.88 bits per heavy atom. The van der Waals surface area contributed by atoms with Crippen LogP contribution in [0.5, 0.6) is 5.75 Å². The van der Waals surface area contributed by atoms with Crippen LogP contribution in [0.3, 0.4) is 0 Å². The van der Waals surface area contributed by atoms with E-state index in [-0.39, 0.29) is 11.4 Å². The highest BCUT2D eigenvalue weighted by Gasteiger charge is 2.31. The van der Waals surface area contributed by atoms with Crippen molar-refractivity contribution in [3.8, 4) is 22.9 Å². The minimum absolute atomic E-state index is 0.216. The first kappa shape index (κ1) is 17.4. The summed E-state index contributed by atoms with van der Waals surface area (Å²) in [6, 6.07) is 10.5. The van der Waals surface area contributed by atoms with Gasteiger partial charge in [0.15, 0.2) is 0 Å². The number of fused-ring (bicyclic) bond motifs is 1. The number of nitrogens with two attached hydrogens (primary N) is 1. The Labute approximate surface area is 145 Å². The van der Waals surface area contributed by atoms with E-state index in [1.54, 1.807) is 19.1 Å². The van der Waals surface area contributed by atoms with Crippen LogP contribution in [0.1, 0.15) is 21.6 Å². The van der Waals surface area contributed by atoms with Gasteiger partial charge in [-0.3, -0.25) is 4.79 Å². The largest absolute Gasteiger partial charge is 0.573 e. The molecule has 3 N–H and O–H groups in total. The number of aryl methyl sites for hydroxylation is 1. The van der Waals surface area contributed by atoms with Crippen LogP contribution in [-0.2, 0) is 0 Å². The lowest BCUT2D eigenvalue weighted by molar-refractivity contribution is -0.274. The van der Waals surface area contributed by atoms with Crippen molar-refractivity contribution in [1.82, 2.24) is 4.98 Å². The molecule has 0 radical (unpaired) electrons. The van der Waals surface area contributed by atoms with Gasteiger partial charge in [0.1, 0.15) is 11.4 Å². The van der Waals surface area contributed by atoms with Crippen LogP contribution in [0, 0.1) is 18.3 Å². The lowest BCUT2D eigenvalue weighted by Crippen LogP contribution is -2.16. The number of halogens is 3. The number of aromatic amines is 1. The summed E-state index contributed by atoms with van der Waals surface area (Å²) < 4.78 is 40.7. The molecule has 0 saturated carbocycles. The molecule has 0 aliphatic heterocycles. The number of carbonyl (C=O) groups excluding carboxylic acids is 1. The van der Waals surface area contributed by atoms with Gasteiger partial charge in [0.05, 0.1) is 17.1 Å². The number of alkyl halides is 3. The van der Waals surface area contributed by atoms with Crippen LogP contribution in [0.4, 0.5) is 13.2 Å². The Morgan fingerprint density at radius 1 is 1.23 bits per heavy atom. The Balaban J connectivity index is 2.16. The molecule has 0 atom stereocenters. The maximum atomic E-state index is 12.3. The molecular formula is C18H12F3N3O2. The molecule has 0 aliphatic rings. The Kier molecular flexibility index (Phi) is 4.08. The minimum atomic E-state index is -4.78. The summed E-state index contributed by atoms with van der Waals surface area (Å²) in [6.07, 6.45) is -4.78. The number of carbonyl (C=O) groups is 1. The molecule has 0 bridgehead atoms. The fraction of sp³-hybridized carbons (Fsp3) is 0.111. The predicted octanol–water partition coefficient (Wildman–Crippen LogP) is 4.01. The summed E-state index contributed by atoms with van der Waals surface area (Å²) in [5.41, 5.74) is 8.21.